The number of likely N-dealkylation sites (tertiary alicyclic amines) is 1. The molecule has 16 heavy (non-hydrogen) atoms. The molecule has 0 aliphatic carbocycles. The van der Waals surface area contributed by atoms with Gasteiger partial charge in [0.25, 0.3) is 0 Å². The molecule has 0 aromatic carbocycles. The third-order valence-electron chi connectivity index (χ3n) is 3.52. The van der Waals surface area contributed by atoms with Gasteiger partial charge in [0.15, 0.2) is 0 Å². The predicted octanol–water partition coefficient (Wildman–Crippen LogP) is 2.89. The molecule has 0 unspecified atom stereocenters. The van der Waals surface area contributed by atoms with Gasteiger partial charge in [-0.15, -0.1) is 0 Å². The summed E-state index contributed by atoms with van der Waals surface area (Å²) in [7, 11) is 0. The van der Waals surface area contributed by atoms with E-state index in [0.29, 0.717) is 5.41 Å². The summed E-state index contributed by atoms with van der Waals surface area (Å²) in [6.07, 6.45) is 4.00. The molecule has 2 nitrogen and oxygen atoms in total. The average Bonchev–Trinajstić information content (AvgIpc) is 2.13. The highest BCUT2D eigenvalue weighted by molar-refractivity contribution is 4.78. The minimum Gasteiger partial charge on any atom is -0.312 e. The first-order chi connectivity index (χ1) is 7.29. The van der Waals surface area contributed by atoms with Crippen LogP contribution in [0.5, 0.6) is 0 Å². The second-order valence-corrected chi connectivity index (χ2v) is 7.04. The van der Waals surface area contributed by atoms with Crippen molar-refractivity contribution in [2.75, 3.05) is 26.2 Å². The van der Waals surface area contributed by atoms with Crippen molar-refractivity contribution in [3.05, 3.63) is 0 Å². The van der Waals surface area contributed by atoms with Gasteiger partial charge in [0.2, 0.25) is 0 Å². The summed E-state index contributed by atoms with van der Waals surface area (Å²) < 4.78 is 0. The fourth-order valence-corrected chi connectivity index (χ4v) is 2.15. The molecule has 0 bridgehead atoms. The first-order valence-corrected chi connectivity index (χ1v) is 6.76. The summed E-state index contributed by atoms with van der Waals surface area (Å²) in [5, 5.41) is 3.55. The molecule has 1 heterocycles. The van der Waals surface area contributed by atoms with Crippen molar-refractivity contribution in [1.29, 1.82) is 0 Å². The molecule has 1 saturated heterocycles. The lowest BCUT2D eigenvalue weighted by molar-refractivity contribution is 0.131. The molecular weight excluding hydrogens is 196 g/mol. The zero-order valence-corrected chi connectivity index (χ0v) is 11.9. The summed E-state index contributed by atoms with van der Waals surface area (Å²) in [4.78, 5) is 2.62. The maximum atomic E-state index is 3.55. The summed E-state index contributed by atoms with van der Waals surface area (Å²) in [6, 6.07) is 0. The van der Waals surface area contributed by atoms with Crippen molar-refractivity contribution in [2.45, 2.75) is 59.4 Å². The van der Waals surface area contributed by atoms with Crippen molar-refractivity contribution in [3.63, 3.8) is 0 Å². The van der Waals surface area contributed by atoms with Gasteiger partial charge in [0.05, 0.1) is 0 Å². The molecule has 0 aromatic rings. The van der Waals surface area contributed by atoms with E-state index in [1.165, 1.54) is 38.9 Å². The van der Waals surface area contributed by atoms with Crippen LogP contribution in [0.3, 0.4) is 0 Å². The van der Waals surface area contributed by atoms with Crippen LogP contribution in [-0.4, -0.2) is 36.6 Å². The van der Waals surface area contributed by atoms with Gasteiger partial charge in [0.1, 0.15) is 0 Å². The number of nitrogens with one attached hydrogen (secondary N) is 1. The van der Waals surface area contributed by atoms with Crippen molar-refractivity contribution in [3.8, 4) is 0 Å². The Morgan fingerprint density at radius 3 is 2.19 bits per heavy atom. The second-order valence-electron chi connectivity index (χ2n) is 7.04. The molecule has 1 fully saturated rings. The molecular formula is C14H30N2. The van der Waals surface area contributed by atoms with E-state index in [-0.39, 0.29) is 5.54 Å². The van der Waals surface area contributed by atoms with Crippen molar-refractivity contribution >= 4 is 0 Å². The van der Waals surface area contributed by atoms with Gasteiger partial charge >= 0.3 is 0 Å². The van der Waals surface area contributed by atoms with E-state index in [1.54, 1.807) is 0 Å². The van der Waals surface area contributed by atoms with Crippen LogP contribution in [0.4, 0.5) is 0 Å². The van der Waals surface area contributed by atoms with E-state index < -0.39 is 0 Å². The van der Waals surface area contributed by atoms with Crippen LogP contribution in [-0.2, 0) is 0 Å². The van der Waals surface area contributed by atoms with Crippen LogP contribution in [0.2, 0.25) is 0 Å². The third-order valence-corrected chi connectivity index (χ3v) is 3.52. The molecule has 0 radical (unpaired) electrons. The minimum atomic E-state index is 0.268. The number of piperidine rings is 1. The SMILES string of the molecule is CC1(C)CCN(CCCNC(C)(C)C)CC1. The molecule has 1 aliphatic rings. The summed E-state index contributed by atoms with van der Waals surface area (Å²) in [6.45, 7) is 16.5. The molecule has 0 aromatic heterocycles. The van der Waals surface area contributed by atoms with Crippen molar-refractivity contribution in [2.24, 2.45) is 5.41 Å². The largest absolute Gasteiger partial charge is 0.312 e. The Morgan fingerprint density at radius 1 is 1.12 bits per heavy atom. The zero-order chi connectivity index (χ0) is 12.2. The van der Waals surface area contributed by atoms with Crippen LogP contribution >= 0.6 is 0 Å². The molecule has 0 saturated carbocycles. The number of rotatable bonds is 4. The fraction of sp³-hybridized carbons (Fsp3) is 1.00. The van der Waals surface area contributed by atoms with Crippen molar-refractivity contribution in [1.82, 2.24) is 10.2 Å². The second kappa shape index (κ2) is 5.50. The van der Waals surface area contributed by atoms with E-state index in [4.69, 9.17) is 0 Å². The van der Waals surface area contributed by atoms with Crippen LogP contribution in [0.1, 0.15) is 53.9 Å². The molecule has 1 aliphatic heterocycles. The van der Waals surface area contributed by atoms with E-state index in [2.05, 4.69) is 44.8 Å². The van der Waals surface area contributed by atoms with Gasteiger partial charge < -0.3 is 10.2 Å². The Labute approximate surface area is 102 Å². The highest BCUT2D eigenvalue weighted by Gasteiger charge is 2.24. The maximum absolute atomic E-state index is 3.55. The maximum Gasteiger partial charge on any atom is 0.00965 e. The molecule has 96 valence electrons. The van der Waals surface area contributed by atoms with Crippen LogP contribution in [0.25, 0.3) is 0 Å². The van der Waals surface area contributed by atoms with Gasteiger partial charge in [-0.2, -0.15) is 0 Å². The molecule has 1 N–H and O–H groups in total. The highest BCUT2D eigenvalue weighted by atomic mass is 15.1. The monoisotopic (exact) mass is 226 g/mol. The van der Waals surface area contributed by atoms with Gasteiger partial charge in [0, 0.05) is 5.54 Å². The Morgan fingerprint density at radius 2 is 1.69 bits per heavy atom. The fourth-order valence-electron chi connectivity index (χ4n) is 2.15. The molecule has 2 heteroatoms. The molecule has 0 atom stereocenters. The summed E-state index contributed by atoms with van der Waals surface area (Å²) >= 11 is 0. The van der Waals surface area contributed by atoms with Crippen molar-refractivity contribution < 1.29 is 0 Å². The molecule has 0 spiro atoms. The number of hydrogen-bond donors (Lipinski definition) is 1. The first-order valence-electron chi connectivity index (χ1n) is 6.76. The zero-order valence-electron chi connectivity index (χ0n) is 11.9. The third kappa shape index (κ3) is 5.86. The Hall–Kier alpha value is -0.0800. The van der Waals surface area contributed by atoms with E-state index in [1.807, 2.05) is 0 Å². The van der Waals surface area contributed by atoms with Crippen LogP contribution in [0.15, 0.2) is 0 Å². The van der Waals surface area contributed by atoms with Crippen LogP contribution < -0.4 is 5.32 Å². The quantitative estimate of drug-likeness (QED) is 0.742. The Kier molecular flexibility index (Phi) is 4.81. The lowest BCUT2D eigenvalue weighted by Gasteiger charge is -2.37. The summed E-state index contributed by atoms with van der Waals surface area (Å²) in [5.74, 6) is 0. The number of hydrogen-bond acceptors (Lipinski definition) is 2. The Bertz CT molecular complexity index is 193. The lowest BCUT2D eigenvalue weighted by atomic mass is 9.83. The minimum absolute atomic E-state index is 0.268. The van der Waals surface area contributed by atoms with Gasteiger partial charge in [-0.3, -0.25) is 0 Å². The highest BCUT2D eigenvalue weighted by Crippen LogP contribution is 2.29. The predicted molar refractivity (Wildman–Crippen MR) is 71.8 cm³/mol. The van der Waals surface area contributed by atoms with Crippen LogP contribution in [0, 0.1) is 5.41 Å². The average molecular weight is 226 g/mol. The topological polar surface area (TPSA) is 15.3 Å². The summed E-state index contributed by atoms with van der Waals surface area (Å²) in [5.41, 5.74) is 0.851. The van der Waals surface area contributed by atoms with E-state index in [0.717, 1.165) is 6.54 Å². The molecule has 0 amide bonds. The van der Waals surface area contributed by atoms with E-state index in [9.17, 15) is 0 Å². The van der Waals surface area contributed by atoms with Gasteiger partial charge in [-0.05, 0) is 71.6 Å². The van der Waals surface area contributed by atoms with E-state index >= 15 is 0 Å². The first kappa shape index (κ1) is 14.0. The normalized spacial score (nSPS) is 22.3. The Balaban J connectivity index is 2.07. The molecule has 1 rings (SSSR count). The smallest absolute Gasteiger partial charge is 0.00965 e. The lowest BCUT2D eigenvalue weighted by Crippen LogP contribution is -2.40. The standard InChI is InChI=1S/C14H30N2/c1-13(2,3)15-9-6-10-16-11-7-14(4,5)8-12-16/h15H,6-12H2,1-5H3. The number of nitrogens with zero attached hydrogens (tertiary/aromatic N) is 1. The van der Waals surface area contributed by atoms with Gasteiger partial charge in [-0.25, -0.2) is 0 Å². The van der Waals surface area contributed by atoms with Gasteiger partial charge in [-0.1, -0.05) is 13.8 Å².